The van der Waals surface area contributed by atoms with Crippen LogP contribution >= 0.6 is 0 Å². The van der Waals surface area contributed by atoms with Crippen molar-refractivity contribution >= 4 is 33.3 Å². The van der Waals surface area contributed by atoms with Gasteiger partial charge in [0.2, 0.25) is 0 Å². The van der Waals surface area contributed by atoms with Gasteiger partial charge in [-0.25, -0.2) is 4.42 Å². The SMILES string of the molecule is CCN(CC)c1ccc2cc3ccc(N(CC)CC)cc3[o+]c2c1.O=[N+]([O-])[O-]. The smallest absolute Gasteiger partial charge is 0.362 e. The topological polar surface area (TPSA) is 84.0 Å². The molecule has 28 heavy (non-hydrogen) atoms. The van der Waals surface area contributed by atoms with Gasteiger partial charge in [-0.05, 0) is 58.0 Å². The molecule has 2 aromatic carbocycles. The van der Waals surface area contributed by atoms with Crippen LogP contribution in [0.2, 0.25) is 0 Å². The van der Waals surface area contributed by atoms with Gasteiger partial charge in [-0.15, -0.1) is 0 Å². The van der Waals surface area contributed by atoms with Crippen molar-refractivity contribution in [3.63, 3.8) is 0 Å². The maximum Gasteiger partial charge on any atom is 0.362 e. The summed E-state index contributed by atoms with van der Waals surface area (Å²) < 4.78 is 6.25. The van der Waals surface area contributed by atoms with Crippen LogP contribution in [0, 0.1) is 15.3 Å². The lowest BCUT2D eigenvalue weighted by Crippen LogP contribution is -2.21. The highest BCUT2D eigenvalue weighted by Crippen LogP contribution is 2.29. The fraction of sp³-hybridized carbons (Fsp3) is 0.381. The Labute approximate surface area is 164 Å². The molecule has 0 aliphatic rings. The zero-order valence-corrected chi connectivity index (χ0v) is 16.8. The first-order valence-electron chi connectivity index (χ1n) is 9.55. The van der Waals surface area contributed by atoms with Crippen LogP contribution < -0.4 is 9.80 Å². The minimum absolute atomic E-state index is 0.948. The first-order chi connectivity index (χ1) is 13.4. The van der Waals surface area contributed by atoms with Gasteiger partial charge in [0.05, 0.1) is 28.0 Å². The minimum Gasteiger partial charge on any atom is -0.372 e. The molecule has 0 atom stereocenters. The van der Waals surface area contributed by atoms with Crippen molar-refractivity contribution in [1.29, 1.82) is 0 Å². The molecular weight excluding hydrogens is 358 g/mol. The zero-order chi connectivity index (χ0) is 20.7. The molecule has 3 aromatic rings. The Kier molecular flexibility index (Phi) is 7.37. The van der Waals surface area contributed by atoms with E-state index in [-0.39, 0.29) is 0 Å². The summed E-state index contributed by atoms with van der Waals surface area (Å²) in [6.07, 6.45) is 0. The number of anilines is 2. The molecule has 0 unspecified atom stereocenters. The van der Waals surface area contributed by atoms with E-state index < -0.39 is 5.09 Å². The lowest BCUT2D eigenvalue weighted by molar-refractivity contribution is -0.402. The van der Waals surface area contributed by atoms with Gasteiger partial charge in [0.15, 0.2) is 0 Å². The second-order valence-corrected chi connectivity index (χ2v) is 6.26. The lowest BCUT2D eigenvalue weighted by atomic mass is 10.1. The third-order valence-corrected chi connectivity index (χ3v) is 4.78. The molecule has 0 saturated heterocycles. The summed E-state index contributed by atoms with van der Waals surface area (Å²) in [5.41, 5.74) is 4.33. The van der Waals surface area contributed by atoms with Crippen LogP contribution in [-0.2, 0) is 0 Å². The van der Waals surface area contributed by atoms with Crippen molar-refractivity contribution in [3.05, 3.63) is 57.8 Å². The van der Waals surface area contributed by atoms with Crippen molar-refractivity contribution in [1.82, 2.24) is 0 Å². The van der Waals surface area contributed by atoms with E-state index in [1.165, 1.54) is 11.4 Å². The third-order valence-electron chi connectivity index (χ3n) is 4.78. The van der Waals surface area contributed by atoms with Crippen LogP contribution in [0.1, 0.15) is 27.7 Å². The predicted octanol–water partition coefficient (Wildman–Crippen LogP) is 5.32. The molecule has 0 spiro atoms. The van der Waals surface area contributed by atoms with Crippen LogP contribution in [0.3, 0.4) is 0 Å². The Morgan fingerprint density at radius 1 is 0.750 bits per heavy atom. The molecule has 7 heteroatoms. The normalized spacial score (nSPS) is 10.4. The number of hydrogen-bond donors (Lipinski definition) is 0. The molecule has 1 heterocycles. The first kappa shape index (κ1) is 21.2. The predicted molar refractivity (Wildman–Crippen MR) is 116 cm³/mol. The monoisotopic (exact) mass is 385 g/mol. The molecule has 0 bridgehead atoms. The van der Waals surface area contributed by atoms with Gasteiger partial charge in [-0.1, -0.05) is 0 Å². The van der Waals surface area contributed by atoms with E-state index in [1.54, 1.807) is 0 Å². The molecule has 3 rings (SSSR count). The molecule has 150 valence electrons. The molecule has 0 aliphatic heterocycles. The summed E-state index contributed by atoms with van der Waals surface area (Å²) >= 11 is 0. The summed E-state index contributed by atoms with van der Waals surface area (Å²) in [4.78, 5) is 12.9. The second-order valence-electron chi connectivity index (χ2n) is 6.26. The highest BCUT2D eigenvalue weighted by Gasteiger charge is 2.16. The van der Waals surface area contributed by atoms with E-state index in [9.17, 15) is 0 Å². The molecule has 0 fully saturated rings. The van der Waals surface area contributed by atoms with Gasteiger partial charge >= 0.3 is 11.2 Å². The summed E-state index contributed by atoms with van der Waals surface area (Å²) in [6.45, 7) is 12.7. The van der Waals surface area contributed by atoms with Crippen molar-refractivity contribution in [3.8, 4) is 0 Å². The standard InChI is InChI=1S/C21H27N2O.NO3/c1-5-22(6-2)18-11-9-16-13-17-10-12-19(23(7-3)8-4)15-21(17)24-20(16)14-18;2-1(3)4/h9-15H,5-8H2,1-4H3;/q+1;-1. The number of nitrogens with zero attached hydrogens (tertiary/aromatic N) is 3. The van der Waals surface area contributed by atoms with Crippen LogP contribution in [0.25, 0.3) is 21.9 Å². The molecular formula is C21H27N3O4. The molecule has 0 aliphatic carbocycles. The van der Waals surface area contributed by atoms with Crippen molar-refractivity contribution < 1.29 is 9.50 Å². The van der Waals surface area contributed by atoms with E-state index in [0.29, 0.717) is 0 Å². The molecule has 0 N–H and O–H groups in total. The molecule has 7 nitrogen and oxygen atoms in total. The second kappa shape index (κ2) is 9.73. The van der Waals surface area contributed by atoms with Gasteiger partial charge in [-0.3, -0.25) is 0 Å². The van der Waals surface area contributed by atoms with Gasteiger partial charge in [0.25, 0.3) is 0 Å². The Hall–Kier alpha value is -3.09. The third kappa shape index (κ3) is 5.00. The number of benzene rings is 2. The first-order valence-corrected chi connectivity index (χ1v) is 9.55. The fourth-order valence-corrected chi connectivity index (χ4v) is 3.32. The van der Waals surface area contributed by atoms with Crippen LogP contribution in [-0.4, -0.2) is 31.3 Å². The average Bonchev–Trinajstić information content (AvgIpc) is 2.67. The maximum atomic E-state index is 8.25. The summed E-state index contributed by atoms with van der Waals surface area (Å²) in [7, 11) is 0. The van der Waals surface area contributed by atoms with E-state index in [2.05, 4.69) is 80.0 Å². The number of fused-ring (bicyclic) bond motifs is 2. The molecule has 0 amide bonds. The summed E-state index contributed by atoms with van der Waals surface area (Å²) in [5, 5.41) is 17.0. The zero-order valence-electron chi connectivity index (χ0n) is 16.8. The molecule has 0 saturated carbocycles. The largest absolute Gasteiger partial charge is 0.372 e. The van der Waals surface area contributed by atoms with Gasteiger partial charge in [-0.2, -0.15) is 0 Å². The Balaban J connectivity index is 0.000000640. The van der Waals surface area contributed by atoms with Gasteiger partial charge < -0.3 is 25.1 Å². The number of hydrogen-bond acceptors (Lipinski definition) is 5. The highest BCUT2D eigenvalue weighted by molar-refractivity contribution is 5.92. The van der Waals surface area contributed by atoms with Crippen molar-refractivity contribution in [2.24, 2.45) is 0 Å². The van der Waals surface area contributed by atoms with Crippen molar-refractivity contribution in [2.75, 3.05) is 36.0 Å². The maximum absolute atomic E-state index is 8.25. The van der Waals surface area contributed by atoms with Crippen LogP contribution in [0.5, 0.6) is 0 Å². The minimum atomic E-state index is -1.75. The van der Waals surface area contributed by atoms with Gasteiger partial charge in [0, 0.05) is 37.6 Å². The molecule has 1 aromatic heterocycles. The summed E-state index contributed by atoms with van der Waals surface area (Å²) in [6, 6.07) is 15.2. The molecule has 0 radical (unpaired) electrons. The van der Waals surface area contributed by atoms with E-state index in [1.807, 2.05) is 0 Å². The van der Waals surface area contributed by atoms with Gasteiger partial charge in [0.1, 0.15) is 0 Å². The fourth-order valence-electron chi connectivity index (χ4n) is 3.32. The number of rotatable bonds is 6. The Morgan fingerprint density at radius 3 is 1.43 bits per heavy atom. The van der Waals surface area contributed by atoms with E-state index in [4.69, 9.17) is 19.7 Å². The Morgan fingerprint density at radius 2 is 1.11 bits per heavy atom. The van der Waals surface area contributed by atoms with Crippen molar-refractivity contribution in [2.45, 2.75) is 27.7 Å². The van der Waals surface area contributed by atoms with E-state index >= 15 is 0 Å². The highest BCUT2D eigenvalue weighted by atomic mass is 16.9. The quantitative estimate of drug-likeness (QED) is 0.247. The van der Waals surface area contributed by atoms with Crippen LogP contribution in [0.15, 0.2) is 46.9 Å². The van der Waals surface area contributed by atoms with Crippen LogP contribution in [0.4, 0.5) is 11.4 Å². The van der Waals surface area contributed by atoms with E-state index in [0.717, 1.165) is 48.1 Å². The summed E-state index contributed by atoms with van der Waals surface area (Å²) in [5.74, 6) is 0. The Bertz CT molecular complexity index is 866. The average molecular weight is 385 g/mol. The lowest BCUT2D eigenvalue weighted by Gasteiger charge is -2.20.